The Kier molecular flexibility index (Phi) is 6.73. The molecular formula is C14H22N2O2S. The topological polar surface area (TPSA) is 72.2 Å². The Bertz CT molecular complexity index is 449. The fourth-order valence-electron chi connectivity index (χ4n) is 1.58. The van der Waals surface area contributed by atoms with Gasteiger partial charge in [-0.2, -0.15) is 0 Å². The number of benzene rings is 1. The summed E-state index contributed by atoms with van der Waals surface area (Å²) in [6, 6.07) is 7.44. The first-order valence-electron chi connectivity index (χ1n) is 6.52. The van der Waals surface area contributed by atoms with E-state index in [1.165, 1.54) is 0 Å². The molecule has 5 heteroatoms. The zero-order chi connectivity index (χ0) is 14.3. The number of nitrogens with two attached hydrogens (primary N) is 1. The minimum absolute atomic E-state index is 0.106. The van der Waals surface area contributed by atoms with E-state index in [-0.39, 0.29) is 17.6 Å². The molecule has 0 bridgehead atoms. The van der Waals surface area contributed by atoms with Crippen LogP contribution in [0, 0.1) is 0 Å². The second kappa shape index (κ2) is 8.07. The summed E-state index contributed by atoms with van der Waals surface area (Å²) in [7, 11) is -0.930. The quantitative estimate of drug-likeness (QED) is 0.803. The summed E-state index contributed by atoms with van der Waals surface area (Å²) in [5, 5.41) is 2.95. The predicted molar refractivity (Wildman–Crippen MR) is 80.3 cm³/mol. The summed E-state index contributed by atoms with van der Waals surface area (Å²) in [5.41, 5.74) is 7.25. The number of carbonyl (C=O) groups excluding carboxylic acids is 1. The molecule has 0 spiro atoms. The molecule has 2 unspecified atom stereocenters. The van der Waals surface area contributed by atoms with Gasteiger partial charge in [0.15, 0.2) is 0 Å². The molecule has 0 saturated heterocycles. The Balaban J connectivity index is 2.44. The number of carbonyl (C=O) groups is 1. The Morgan fingerprint density at radius 2 is 2.21 bits per heavy atom. The third kappa shape index (κ3) is 5.53. The Morgan fingerprint density at radius 3 is 2.84 bits per heavy atom. The van der Waals surface area contributed by atoms with E-state index in [0.29, 0.717) is 12.3 Å². The molecule has 3 N–H and O–H groups in total. The van der Waals surface area contributed by atoms with E-state index in [9.17, 15) is 9.00 Å². The average Bonchev–Trinajstić information content (AvgIpc) is 2.44. The molecule has 0 fully saturated rings. The van der Waals surface area contributed by atoms with Crippen LogP contribution in [0.1, 0.15) is 32.3 Å². The Hall–Kier alpha value is -1.20. The smallest absolute Gasteiger partial charge is 0.225 e. The van der Waals surface area contributed by atoms with E-state index < -0.39 is 10.8 Å². The van der Waals surface area contributed by atoms with E-state index in [4.69, 9.17) is 5.73 Å². The summed E-state index contributed by atoms with van der Waals surface area (Å²) >= 11 is 0. The first-order valence-corrected chi connectivity index (χ1v) is 7.91. The molecule has 0 aliphatic rings. The van der Waals surface area contributed by atoms with Gasteiger partial charge in [0.2, 0.25) is 5.91 Å². The van der Waals surface area contributed by atoms with Crippen molar-refractivity contribution in [1.29, 1.82) is 0 Å². The molecule has 0 heterocycles. The highest BCUT2D eigenvalue weighted by molar-refractivity contribution is 7.85. The molecule has 19 heavy (non-hydrogen) atoms. The molecule has 0 radical (unpaired) electrons. The second-order valence-electron chi connectivity index (χ2n) is 4.51. The van der Waals surface area contributed by atoms with Crippen molar-refractivity contribution in [2.45, 2.75) is 38.5 Å². The van der Waals surface area contributed by atoms with Crippen LogP contribution >= 0.6 is 0 Å². The van der Waals surface area contributed by atoms with Crippen LogP contribution in [-0.2, 0) is 22.1 Å². The van der Waals surface area contributed by atoms with Crippen molar-refractivity contribution in [3.63, 3.8) is 0 Å². The lowest BCUT2D eigenvalue weighted by Gasteiger charge is -2.09. The van der Waals surface area contributed by atoms with Crippen LogP contribution in [0.5, 0.6) is 0 Å². The van der Waals surface area contributed by atoms with Gasteiger partial charge in [-0.3, -0.25) is 9.00 Å². The number of amides is 1. The maximum absolute atomic E-state index is 11.8. The number of nitrogens with one attached hydrogen (secondary N) is 1. The van der Waals surface area contributed by atoms with Crippen LogP contribution in [0.3, 0.4) is 0 Å². The van der Waals surface area contributed by atoms with Gasteiger partial charge in [-0.1, -0.05) is 26.0 Å². The maximum atomic E-state index is 11.8. The van der Waals surface area contributed by atoms with Crippen molar-refractivity contribution in [2.75, 3.05) is 11.1 Å². The standard InChI is InChI=1S/C14H22N2O2S/c1-3-11(2)19(18)8-7-14(17)16-13-6-4-5-12(9-13)10-15/h4-6,9,11H,3,7-8,10,15H2,1-2H3,(H,16,17). The SMILES string of the molecule is CCC(C)S(=O)CCC(=O)Nc1cccc(CN)c1. The van der Waals surface area contributed by atoms with Gasteiger partial charge in [-0.15, -0.1) is 0 Å². The maximum Gasteiger partial charge on any atom is 0.225 e. The lowest BCUT2D eigenvalue weighted by Crippen LogP contribution is -2.19. The largest absolute Gasteiger partial charge is 0.326 e. The monoisotopic (exact) mass is 282 g/mol. The number of anilines is 1. The van der Waals surface area contributed by atoms with Crippen molar-refractivity contribution in [1.82, 2.24) is 0 Å². The third-order valence-electron chi connectivity index (χ3n) is 3.00. The molecule has 1 rings (SSSR count). The summed E-state index contributed by atoms with van der Waals surface area (Å²) in [4.78, 5) is 11.8. The summed E-state index contributed by atoms with van der Waals surface area (Å²) < 4.78 is 11.7. The molecule has 4 nitrogen and oxygen atoms in total. The molecule has 0 aliphatic carbocycles. The first-order chi connectivity index (χ1) is 9.06. The van der Waals surface area contributed by atoms with Crippen LogP contribution in [0.2, 0.25) is 0 Å². The first kappa shape index (κ1) is 15.9. The number of rotatable bonds is 7. The molecule has 0 saturated carbocycles. The third-order valence-corrected chi connectivity index (χ3v) is 4.84. The molecular weight excluding hydrogens is 260 g/mol. The Morgan fingerprint density at radius 1 is 1.47 bits per heavy atom. The van der Waals surface area contributed by atoms with Gasteiger partial charge in [0.05, 0.1) is 0 Å². The van der Waals surface area contributed by atoms with Gasteiger partial charge in [-0.05, 0) is 24.1 Å². The summed E-state index contributed by atoms with van der Waals surface area (Å²) in [6.45, 7) is 4.39. The van der Waals surface area contributed by atoms with E-state index in [1.54, 1.807) is 0 Å². The molecule has 2 atom stereocenters. The van der Waals surface area contributed by atoms with Crippen molar-refractivity contribution in [3.8, 4) is 0 Å². The molecule has 0 aromatic heterocycles. The highest BCUT2D eigenvalue weighted by Gasteiger charge is 2.11. The van der Waals surface area contributed by atoms with Gasteiger partial charge < -0.3 is 11.1 Å². The highest BCUT2D eigenvalue weighted by Crippen LogP contribution is 2.11. The van der Waals surface area contributed by atoms with Crippen LogP contribution in [0.15, 0.2) is 24.3 Å². The van der Waals surface area contributed by atoms with Crippen LogP contribution in [0.4, 0.5) is 5.69 Å². The van der Waals surface area contributed by atoms with Gasteiger partial charge >= 0.3 is 0 Å². The van der Waals surface area contributed by atoms with Crippen LogP contribution < -0.4 is 11.1 Å². The zero-order valence-electron chi connectivity index (χ0n) is 11.5. The van der Waals surface area contributed by atoms with E-state index in [2.05, 4.69) is 5.32 Å². The molecule has 1 amide bonds. The number of hydrogen-bond donors (Lipinski definition) is 2. The highest BCUT2D eigenvalue weighted by atomic mass is 32.2. The van der Waals surface area contributed by atoms with E-state index in [0.717, 1.165) is 17.7 Å². The average molecular weight is 282 g/mol. The normalized spacial score (nSPS) is 13.8. The van der Waals surface area contributed by atoms with Gasteiger partial charge in [0, 0.05) is 40.5 Å². The zero-order valence-corrected chi connectivity index (χ0v) is 12.3. The predicted octanol–water partition coefficient (Wildman–Crippen LogP) is 2.02. The van der Waals surface area contributed by atoms with Crippen molar-refractivity contribution in [3.05, 3.63) is 29.8 Å². The minimum Gasteiger partial charge on any atom is -0.326 e. The molecule has 106 valence electrons. The Labute approximate surface area is 117 Å². The lowest BCUT2D eigenvalue weighted by molar-refractivity contribution is -0.115. The van der Waals surface area contributed by atoms with Gasteiger partial charge in [0.25, 0.3) is 0 Å². The summed E-state index contributed by atoms with van der Waals surface area (Å²) in [5.74, 6) is 0.308. The molecule has 0 aliphatic heterocycles. The van der Waals surface area contributed by atoms with Crippen molar-refractivity contribution >= 4 is 22.4 Å². The minimum atomic E-state index is -0.930. The lowest BCUT2D eigenvalue weighted by atomic mass is 10.2. The van der Waals surface area contributed by atoms with Crippen LogP contribution in [0.25, 0.3) is 0 Å². The fourth-order valence-corrected chi connectivity index (χ4v) is 2.74. The van der Waals surface area contributed by atoms with Gasteiger partial charge in [-0.25, -0.2) is 0 Å². The van der Waals surface area contributed by atoms with Crippen molar-refractivity contribution < 1.29 is 9.00 Å². The van der Waals surface area contributed by atoms with Gasteiger partial charge in [0.1, 0.15) is 0 Å². The van der Waals surface area contributed by atoms with E-state index >= 15 is 0 Å². The second-order valence-corrected chi connectivity index (χ2v) is 6.48. The fraction of sp³-hybridized carbons (Fsp3) is 0.500. The van der Waals surface area contributed by atoms with Crippen molar-refractivity contribution in [2.24, 2.45) is 5.73 Å². The molecule has 1 aromatic rings. The summed E-state index contributed by atoms with van der Waals surface area (Å²) in [6.07, 6.45) is 1.15. The van der Waals surface area contributed by atoms with Crippen LogP contribution in [-0.4, -0.2) is 21.1 Å². The van der Waals surface area contributed by atoms with E-state index in [1.807, 2.05) is 38.1 Å². The number of hydrogen-bond acceptors (Lipinski definition) is 3. The molecule has 1 aromatic carbocycles.